The normalized spacial score (nSPS) is 21.7. The molecule has 0 amide bonds. The van der Waals surface area contributed by atoms with Gasteiger partial charge in [-0.15, -0.1) is 0 Å². The highest BCUT2D eigenvalue weighted by molar-refractivity contribution is 5.48. The van der Waals surface area contributed by atoms with E-state index >= 15 is 0 Å². The molecule has 0 radical (unpaired) electrons. The zero-order chi connectivity index (χ0) is 15.9. The zero-order valence-electron chi connectivity index (χ0n) is 12.4. The highest BCUT2D eigenvalue weighted by Gasteiger charge is 2.37. The molecular weight excluding hydrogens is 296 g/mol. The van der Waals surface area contributed by atoms with Gasteiger partial charge in [0.1, 0.15) is 22.8 Å². The van der Waals surface area contributed by atoms with Gasteiger partial charge < -0.3 is 10.0 Å². The molecular formula is C15H16N6O2. The van der Waals surface area contributed by atoms with Gasteiger partial charge in [-0.25, -0.2) is 4.98 Å². The summed E-state index contributed by atoms with van der Waals surface area (Å²) in [7, 11) is 0. The Hall–Kier alpha value is -2.74. The fourth-order valence-corrected chi connectivity index (χ4v) is 3.07. The van der Waals surface area contributed by atoms with Crippen LogP contribution < -0.4 is 10.5 Å². The Balaban J connectivity index is 1.72. The maximum absolute atomic E-state index is 12.2. The average Bonchev–Trinajstić information content (AvgIpc) is 3.10. The van der Waals surface area contributed by atoms with Crippen LogP contribution in [0.1, 0.15) is 18.5 Å². The number of hydrogen-bond donors (Lipinski definition) is 2. The summed E-state index contributed by atoms with van der Waals surface area (Å²) in [5, 5.41) is 21.2. The fourth-order valence-electron chi connectivity index (χ4n) is 3.07. The van der Waals surface area contributed by atoms with E-state index in [0.29, 0.717) is 30.1 Å². The van der Waals surface area contributed by atoms with Gasteiger partial charge in [0.2, 0.25) is 0 Å². The van der Waals surface area contributed by atoms with Crippen molar-refractivity contribution in [2.24, 2.45) is 0 Å². The van der Waals surface area contributed by atoms with E-state index in [1.165, 1.54) is 16.7 Å². The summed E-state index contributed by atoms with van der Waals surface area (Å²) in [6.45, 7) is 1.06. The van der Waals surface area contributed by atoms with Crippen LogP contribution in [0.2, 0.25) is 0 Å². The Morgan fingerprint density at radius 2 is 2.26 bits per heavy atom. The van der Waals surface area contributed by atoms with E-state index in [1.807, 2.05) is 11.0 Å². The number of nitrogens with zero attached hydrogens (tertiary/aromatic N) is 5. The molecule has 3 aromatic rings. The first-order valence-corrected chi connectivity index (χ1v) is 7.48. The minimum Gasteiger partial charge on any atom is -0.382 e. The molecule has 3 aromatic heterocycles. The molecule has 0 saturated carbocycles. The number of pyridine rings is 1. The van der Waals surface area contributed by atoms with Crippen molar-refractivity contribution < 1.29 is 5.11 Å². The average molecular weight is 312 g/mol. The molecule has 118 valence electrons. The van der Waals surface area contributed by atoms with Crippen molar-refractivity contribution >= 4 is 11.5 Å². The molecule has 0 aliphatic carbocycles. The Morgan fingerprint density at radius 1 is 1.35 bits per heavy atom. The molecule has 4 rings (SSSR count). The van der Waals surface area contributed by atoms with Gasteiger partial charge in [-0.2, -0.15) is 15.4 Å². The number of aromatic amines is 1. The number of rotatable bonds is 2. The molecule has 4 heterocycles. The van der Waals surface area contributed by atoms with E-state index in [1.54, 1.807) is 18.3 Å². The van der Waals surface area contributed by atoms with Crippen molar-refractivity contribution in [1.82, 2.24) is 24.8 Å². The monoisotopic (exact) mass is 312 g/mol. The predicted octanol–water partition coefficient (Wildman–Crippen LogP) is 0.301. The van der Waals surface area contributed by atoms with Crippen molar-refractivity contribution in [1.29, 1.82) is 0 Å². The maximum Gasteiger partial charge on any atom is 0.259 e. The Morgan fingerprint density at radius 3 is 3.09 bits per heavy atom. The van der Waals surface area contributed by atoms with Gasteiger partial charge in [0.25, 0.3) is 5.56 Å². The summed E-state index contributed by atoms with van der Waals surface area (Å²) in [5.74, 6) is 0.572. The van der Waals surface area contributed by atoms with E-state index < -0.39 is 5.60 Å². The molecule has 0 bridgehead atoms. The largest absolute Gasteiger partial charge is 0.382 e. The maximum atomic E-state index is 12.2. The number of fused-ring (bicyclic) bond motifs is 1. The summed E-state index contributed by atoms with van der Waals surface area (Å²) in [6, 6.07) is 6.92. The van der Waals surface area contributed by atoms with Crippen LogP contribution in [0.4, 0.5) is 5.82 Å². The van der Waals surface area contributed by atoms with Crippen LogP contribution >= 0.6 is 0 Å². The smallest absolute Gasteiger partial charge is 0.259 e. The summed E-state index contributed by atoms with van der Waals surface area (Å²) >= 11 is 0. The molecule has 1 atom stereocenters. The zero-order valence-corrected chi connectivity index (χ0v) is 12.4. The van der Waals surface area contributed by atoms with Crippen LogP contribution in [0.5, 0.6) is 0 Å². The Bertz CT molecular complexity index is 890. The van der Waals surface area contributed by atoms with Crippen molar-refractivity contribution in [3.05, 3.63) is 52.7 Å². The summed E-state index contributed by atoms with van der Waals surface area (Å²) in [6.07, 6.45) is 4.60. The lowest BCUT2D eigenvalue weighted by Crippen LogP contribution is -2.47. The summed E-state index contributed by atoms with van der Waals surface area (Å²) < 4.78 is 1.50. The van der Waals surface area contributed by atoms with Gasteiger partial charge in [-0.05, 0) is 25.0 Å². The molecule has 1 fully saturated rings. The van der Waals surface area contributed by atoms with E-state index in [4.69, 9.17) is 0 Å². The van der Waals surface area contributed by atoms with Crippen LogP contribution in [0.25, 0.3) is 5.65 Å². The van der Waals surface area contributed by atoms with Gasteiger partial charge in [0.05, 0.1) is 12.7 Å². The second-order valence-electron chi connectivity index (χ2n) is 5.79. The molecule has 0 spiro atoms. The molecule has 0 aromatic carbocycles. The number of aliphatic hydroxyl groups is 1. The quantitative estimate of drug-likeness (QED) is 0.706. The van der Waals surface area contributed by atoms with Crippen LogP contribution in [-0.2, 0) is 5.60 Å². The van der Waals surface area contributed by atoms with E-state index in [0.717, 1.165) is 13.0 Å². The first-order valence-electron chi connectivity index (χ1n) is 7.48. The third kappa shape index (κ3) is 2.36. The lowest BCUT2D eigenvalue weighted by molar-refractivity contribution is 0.0175. The van der Waals surface area contributed by atoms with E-state index in [9.17, 15) is 9.90 Å². The SMILES string of the molecule is O=c1cc(N2CCCC(O)(c3cn[nH]n3)C2)nc2ccccn12. The summed E-state index contributed by atoms with van der Waals surface area (Å²) in [5.41, 5.74) is -0.124. The highest BCUT2D eigenvalue weighted by Crippen LogP contribution is 2.31. The van der Waals surface area contributed by atoms with Crippen molar-refractivity contribution in [2.45, 2.75) is 18.4 Å². The molecule has 1 unspecified atom stereocenters. The number of piperidine rings is 1. The number of H-pyrrole nitrogens is 1. The van der Waals surface area contributed by atoms with E-state index in [2.05, 4.69) is 20.4 Å². The predicted molar refractivity (Wildman–Crippen MR) is 83.2 cm³/mol. The lowest BCUT2D eigenvalue weighted by Gasteiger charge is -2.38. The van der Waals surface area contributed by atoms with Gasteiger partial charge in [0.15, 0.2) is 0 Å². The van der Waals surface area contributed by atoms with Gasteiger partial charge in [-0.1, -0.05) is 6.07 Å². The fraction of sp³-hybridized carbons (Fsp3) is 0.333. The number of aromatic nitrogens is 5. The minimum atomic E-state index is -1.09. The standard InChI is InChI=1S/C15H16N6O2/c22-14-8-13(17-12-4-1-2-7-21(12)14)20-6-3-5-15(23,10-20)11-9-16-19-18-11/h1-2,4,7-9,23H,3,5-6,10H2,(H,16,18,19). The summed E-state index contributed by atoms with van der Waals surface area (Å²) in [4.78, 5) is 18.7. The van der Waals surface area contributed by atoms with Gasteiger partial charge >= 0.3 is 0 Å². The van der Waals surface area contributed by atoms with Crippen molar-refractivity contribution in [3.63, 3.8) is 0 Å². The first kappa shape index (κ1) is 13.9. The second kappa shape index (κ2) is 5.17. The third-order valence-electron chi connectivity index (χ3n) is 4.24. The van der Waals surface area contributed by atoms with Crippen LogP contribution in [0.3, 0.4) is 0 Å². The lowest BCUT2D eigenvalue weighted by atomic mass is 9.90. The third-order valence-corrected chi connectivity index (χ3v) is 4.24. The molecule has 8 heteroatoms. The number of β-amino-alcohol motifs (C(OH)–C–C–N with tert-alkyl or cyclic N) is 1. The van der Waals surface area contributed by atoms with Crippen LogP contribution in [-0.4, -0.2) is 43.0 Å². The molecule has 8 nitrogen and oxygen atoms in total. The second-order valence-corrected chi connectivity index (χ2v) is 5.79. The molecule has 23 heavy (non-hydrogen) atoms. The number of anilines is 1. The highest BCUT2D eigenvalue weighted by atomic mass is 16.3. The Labute approximate surface area is 131 Å². The number of hydrogen-bond acceptors (Lipinski definition) is 6. The van der Waals surface area contributed by atoms with Crippen molar-refractivity contribution in [3.8, 4) is 0 Å². The first-order chi connectivity index (χ1) is 11.2. The Kier molecular flexibility index (Phi) is 3.12. The topological polar surface area (TPSA) is 99.4 Å². The minimum absolute atomic E-state index is 0.138. The number of nitrogens with one attached hydrogen (secondary N) is 1. The van der Waals surface area contributed by atoms with E-state index in [-0.39, 0.29) is 5.56 Å². The molecule has 1 aliphatic rings. The van der Waals surface area contributed by atoms with Crippen LogP contribution in [0.15, 0.2) is 41.5 Å². The van der Waals surface area contributed by atoms with Gasteiger partial charge in [0, 0.05) is 18.8 Å². The van der Waals surface area contributed by atoms with Gasteiger partial charge in [-0.3, -0.25) is 9.20 Å². The molecule has 1 saturated heterocycles. The van der Waals surface area contributed by atoms with Crippen molar-refractivity contribution in [2.75, 3.05) is 18.0 Å². The van der Waals surface area contributed by atoms with Crippen LogP contribution in [0, 0.1) is 0 Å². The molecule has 2 N–H and O–H groups in total. The molecule has 1 aliphatic heterocycles.